The average Bonchev–Trinajstić information content (AvgIpc) is 3.20. The van der Waals surface area contributed by atoms with Gasteiger partial charge < -0.3 is 5.32 Å². The van der Waals surface area contributed by atoms with E-state index >= 15 is 0 Å². The summed E-state index contributed by atoms with van der Waals surface area (Å²) in [4.78, 5) is 5.33. The van der Waals surface area contributed by atoms with Crippen molar-refractivity contribution >= 4 is 5.69 Å². The number of piperazine rings is 1. The molecule has 0 bridgehead atoms. The number of nitrogens with zero attached hydrogens (tertiary/aromatic N) is 2. The molecule has 3 nitrogen and oxygen atoms in total. The van der Waals surface area contributed by atoms with E-state index in [1.54, 1.807) is 0 Å². The van der Waals surface area contributed by atoms with Gasteiger partial charge in [-0.1, -0.05) is 18.2 Å². The molecule has 2 aliphatic heterocycles. The summed E-state index contributed by atoms with van der Waals surface area (Å²) in [6, 6.07) is 10.3. The smallest absolute Gasteiger partial charge is 0.0429 e. The number of hydrogen-bond acceptors (Lipinski definition) is 3. The van der Waals surface area contributed by atoms with Crippen molar-refractivity contribution in [2.45, 2.75) is 31.3 Å². The van der Waals surface area contributed by atoms with E-state index in [0.29, 0.717) is 6.04 Å². The largest absolute Gasteiger partial charge is 0.380 e. The Labute approximate surface area is 115 Å². The molecule has 19 heavy (non-hydrogen) atoms. The summed E-state index contributed by atoms with van der Waals surface area (Å²) in [6.07, 6.45) is 4.08. The third-order valence-corrected chi connectivity index (χ3v) is 4.79. The zero-order chi connectivity index (χ0) is 12.7. The van der Waals surface area contributed by atoms with Crippen molar-refractivity contribution in [1.29, 1.82) is 0 Å². The summed E-state index contributed by atoms with van der Waals surface area (Å²) >= 11 is 0. The average molecular weight is 257 g/mol. The second kappa shape index (κ2) is 4.80. The number of nitrogens with one attached hydrogen (secondary N) is 1. The lowest BCUT2D eigenvalue weighted by Crippen LogP contribution is -2.49. The Kier molecular flexibility index (Phi) is 2.97. The first-order valence-electron chi connectivity index (χ1n) is 7.69. The maximum Gasteiger partial charge on any atom is 0.0429 e. The molecule has 2 fully saturated rings. The lowest BCUT2D eigenvalue weighted by atomic mass is 10.1. The minimum absolute atomic E-state index is 0.616. The van der Waals surface area contributed by atoms with Crippen LogP contribution in [0.1, 0.15) is 18.4 Å². The standard InChI is InChI=1S/C16H23N3/c1-2-4-16-13(3-1)11-14(17-16)12-18-7-9-19(10-8-18)15-5-6-15/h1-4,14-15,17H,5-12H2. The molecule has 1 saturated carbocycles. The van der Waals surface area contributed by atoms with Gasteiger partial charge in [0.2, 0.25) is 0 Å². The van der Waals surface area contributed by atoms with Gasteiger partial charge in [0.05, 0.1) is 0 Å². The second-order valence-electron chi connectivity index (χ2n) is 6.27. The highest BCUT2D eigenvalue weighted by molar-refractivity contribution is 5.56. The quantitative estimate of drug-likeness (QED) is 0.891. The molecular weight excluding hydrogens is 234 g/mol. The Morgan fingerprint density at radius 3 is 2.58 bits per heavy atom. The van der Waals surface area contributed by atoms with Gasteiger partial charge in [0.1, 0.15) is 0 Å². The van der Waals surface area contributed by atoms with Gasteiger partial charge in [-0.15, -0.1) is 0 Å². The van der Waals surface area contributed by atoms with Crippen molar-refractivity contribution in [1.82, 2.24) is 9.80 Å². The number of anilines is 1. The van der Waals surface area contributed by atoms with Crippen LogP contribution in [0.4, 0.5) is 5.69 Å². The molecule has 0 spiro atoms. The minimum Gasteiger partial charge on any atom is -0.380 e. The van der Waals surface area contributed by atoms with Crippen molar-refractivity contribution < 1.29 is 0 Å². The highest BCUT2D eigenvalue weighted by Gasteiger charge is 2.32. The molecular formula is C16H23N3. The van der Waals surface area contributed by atoms with Gasteiger partial charge in [0.15, 0.2) is 0 Å². The summed E-state index contributed by atoms with van der Waals surface area (Å²) < 4.78 is 0. The number of rotatable bonds is 3. The zero-order valence-electron chi connectivity index (χ0n) is 11.5. The first-order valence-corrected chi connectivity index (χ1v) is 7.69. The van der Waals surface area contributed by atoms with Crippen LogP contribution in [0.5, 0.6) is 0 Å². The van der Waals surface area contributed by atoms with Crippen molar-refractivity contribution in [3.63, 3.8) is 0 Å². The molecule has 0 amide bonds. The predicted octanol–water partition coefficient (Wildman–Crippen LogP) is 1.80. The molecule has 1 N–H and O–H groups in total. The van der Waals surface area contributed by atoms with Gasteiger partial charge in [0.25, 0.3) is 0 Å². The molecule has 1 saturated heterocycles. The summed E-state index contributed by atoms with van der Waals surface area (Å²) in [5.74, 6) is 0. The van der Waals surface area contributed by atoms with Gasteiger partial charge in [-0.25, -0.2) is 0 Å². The fourth-order valence-electron chi connectivity index (χ4n) is 3.55. The van der Waals surface area contributed by atoms with E-state index in [1.807, 2.05) is 0 Å². The number of para-hydroxylation sites is 1. The first kappa shape index (κ1) is 11.7. The predicted molar refractivity (Wildman–Crippen MR) is 78.6 cm³/mol. The molecule has 1 aromatic carbocycles. The molecule has 0 aromatic heterocycles. The summed E-state index contributed by atoms with van der Waals surface area (Å²) in [5.41, 5.74) is 2.84. The highest BCUT2D eigenvalue weighted by atomic mass is 15.3. The van der Waals surface area contributed by atoms with E-state index in [2.05, 4.69) is 39.4 Å². The zero-order valence-corrected chi connectivity index (χ0v) is 11.5. The number of benzene rings is 1. The molecule has 1 atom stereocenters. The molecule has 1 aliphatic carbocycles. The van der Waals surface area contributed by atoms with Crippen molar-refractivity contribution in [2.24, 2.45) is 0 Å². The van der Waals surface area contributed by atoms with Crippen LogP contribution in [0.15, 0.2) is 24.3 Å². The third kappa shape index (κ3) is 2.49. The molecule has 3 aliphatic rings. The lowest BCUT2D eigenvalue weighted by Gasteiger charge is -2.36. The van der Waals surface area contributed by atoms with Crippen LogP contribution < -0.4 is 5.32 Å². The van der Waals surface area contributed by atoms with Crippen LogP contribution in [0.25, 0.3) is 0 Å². The molecule has 0 radical (unpaired) electrons. The molecule has 1 aromatic rings. The first-order chi connectivity index (χ1) is 9.38. The SMILES string of the molecule is c1ccc2c(c1)CC(CN1CCN(C3CC3)CC1)N2. The van der Waals surface area contributed by atoms with E-state index in [1.165, 1.54) is 63.2 Å². The highest BCUT2D eigenvalue weighted by Crippen LogP contribution is 2.28. The third-order valence-electron chi connectivity index (χ3n) is 4.79. The van der Waals surface area contributed by atoms with E-state index in [-0.39, 0.29) is 0 Å². The van der Waals surface area contributed by atoms with Crippen LogP contribution >= 0.6 is 0 Å². The van der Waals surface area contributed by atoms with E-state index in [4.69, 9.17) is 0 Å². The normalized spacial score (nSPS) is 28.1. The van der Waals surface area contributed by atoms with E-state index in [9.17, 15) is 0 Å². The summed E-state index contributed by atoms with van der Waals surface area (Å²) in [6.45, 7) is 6.28. The number of hydrogen-bond donors (Lipinski definition) is 1. The van der Waals surface area contributed by atoms with Gasteiger partial charge in [0, 0.05) is 50.5 Å². The number of fused-ring (bicyclic) bond motifs is 1. The second-order valence-corrected chi connectivity index (χ2v) is 6.27. The van der Waals surface area contributed by atoms with Crippen molar-refractivity contribution in [3.05, 3.63) is 29.8 Å². The van der Waals surface area contributed by atoms with E-state index < -0.39 is 0 Å². The lowest BCUT2D eigenvalue weighted by molar-refractivity contribution is 0.123. The molecule has 102 valence electrons. The minimum atomic E-state index is 0.616. The molecule has 1 unspecified atom stereocenters. The maximum atomic E-state index is 3.67. The van der Waals surface area contributed by atoms with Crippen molar-refractivity contribution in [3.8, 4) is 0 Å². The topological polar surface area (TPSA) is 18.5 Å². The van der Waals surface area contributed by atoms with Crippen LogP contribution in [0, 0.1) is 0 Å². The van der Waals surface area contributed by atoms with Crippen LogP contribution in [0.2, 0.25) is 0 Å². The Bertz CT molecular complexity index is 422. The van der Waals surface area contributed by atoms with Gasteiger partial charge >= 0.3 is 0 Å². The Hall–Kier alpha value is -1.06. The van der Waals surface area contributed by atoms with Crippen molar-refractivity contribution in [2.75, 3.05) is 38.0 Å². The summed E-state index contributed by atoms with van der Waals surface area (Å²) in [5, 5.41) is 3.67. The van der Waals surface area contributed by atoms with E-state index in [0.717, 1.165) is 6.04 Å². The summed E-state index contributed by atoms with van der Waals surface area (Å²) in [7, 11) is 0. The van der Waals surface area contributed by atoms with Crippen LogP contribution in [0.3, 0.4) is 0 Å². The Morgan fingerprint density at radius 1 is 1.05 bits per heavy atom. The van der Waals surface area contributed by atoms with Gasteiger partial charge in [-0.3, -0.25) is 9.80 Å². The fourth-order valence-corrected chi connectivity index (χ4v) is 3.55. The van der Waals surface area contributed by atoms with Gasteiger partial charge in [-0.05, 0) is 30.9 Å². The van der Waals surface area contributed by atoms with Gasteiger partial charge in [-0.2, -0.15) is 0 Å². The fraction of sp³-hybridized carbons (Fsp3) is 0.625. The van der Waals surface area contributed by atoms with Crippen LogP contribution in [-0.2, 0) is 6.42 Å². The molecule has 4 rings (SSSR count). The molecule has 3 heteroatoms. The monoisotopic (exact) mass is 257 g/mol. The molecule has 2 heterocycles. The Morgan fingerprint density at radius 2 is 1.84 bits per heavy atom. The maximum absolute atomic E-state index is 3.67. The van der Waals surface area contributed by atoms with Crippen LogP contribution in [-0.4, -0.2) is 54.6 Å². The Balaban J connectivity index is 1.29.